The summed E-state index contributed by atoms with van der Waals surface area (Å²) in [7, 11) is 1.54. The van der Waals surface area contributed by atoms with Crippen LogP contribution in [0.2, 0.25) is 0 Å². The van der Waals surface area contributed by atoms with Gasteiger partial charge >= 0.3 is 93.7 Å². The molecular formula is C9H10INO4. The van der Waals surface area contributed by atoms with Crippen LogP contribution in [0.4, 0.5) is 0 Å². The van der Waals surface area contributed by atoms with Crippen LogP contribution >= 0.6 is 20.1 Å². The Labute approximate surface area is 93.7 Å². The molecule has 1 saturated carbocycles. The van der Waals surface area contributed by atoms with Gasteiger partial charge in [0.2, 0.25) is 0 Å². The Kier molecular flexibility index (Phi) is 2.50. The van der Waals surface area contributed by atoms with Crippen LogP contribution in [-0.4, -0.2) is 26.2 Å². The molecule has 0 aromatic heterocycles. The van der Waals surface area contributed by atoms with E-state index in [4.69, 9.17) is 0 Å². The van der Waals surface area contributed by atoms with Crippen molar-refractivity contribution in [3.63, 3.8) is 0 Å². The zero-order valence-corrected chi connectivity index (χ0v) is 10.4. The molecule has 1 N–H and O–H groups in total. The van der Waals surface area contributed by atoms with Gasteiger partial charge in [-0.3, -0.25) is 0 Å². The molecule has 0 aromatic carbocycles. The molecule has 0 bridgehead atoms. The first-order valence-electron chi connectivity index (χ1n) is 4.53. The van der Waals surface area contributed by atoms with Crippen LogP contribution < -0.4 is 3.53 Å². The first-order chi connectivity index (χ1) is 7.00. The fraction of sp³-hybridized carbons (Fsp3) is 0.556. The second-order valence-corrected chi connectivity index (χ2v) is 8.39. The SMILES string of the molecule is CNI1C(=O)C2C(=O)C(C)C(=O)C2C1=O. The van der Waals surface area contributed by atoms with Crippen molar-refractivity contribution < 1.29 is 19.2 Å². The summed E-state index contributed by atoms with van der Waals surface area (Å²) in [5, 5.41) is 0. The summed E-state index contributed by atoms with van der Waals surface area (Å²) in [5.74, 6) is -3.39. The van der Waals surface area contributed by atoms with E-state index in [0.29, 0.717) is 0 Å². The van der Waals surface area contributed by atoms with Gasteiger partial charge in [-0.15, -0.1) is 0 Å². The number of nitrogens with one attached hydrogen (secondary N) is 1. The number of ketones is 2. The van der Waals surface area contributed by atoms with Crippen LogP contribution in [0, 0.1) is 17.8 Å². The Bertz CT molecular complexity index is 358. The van der Waals surface area contributed by atoms with Crippen LogP contribution in [-0.2, 0) is 19.2 Å². The molecule has 0 spiro atoms. The number of fused-ring (bicyclic) bond motifs is 1. The van der Waals surface area contributed by atoms with Gasteiger partial charge in [-0.2, -0.15) is 0 Å². The summed E-state index contributed by atoms with van der Waals surface area (Å²) in [5.41, 5.74) is 0. The van der Waals surface area contributed by atoms with Crippen LogP contribution in [0.3, 0.4) is 0 Å². The van der Waals surface area contributed by atoms with Crippen molar-refractivity contribution in [2.45, 2.75) is 6.92 Å². The fourth-order valence-electron chi connectivity index (χ4n) is 2.01. The first-order valence-corrected chi connectivity index (χ1v) is 7.76. The normalized spacial score (nSPS) is 37.7. The molecule has 1 saturated heterocycles. The molecule has 2 aliphatic rings. The van der Waals surface area contributed by atoms with Gasteiger partial charge in [0.1, 0.15) is 0 Å². The molecule has 1 aliphatic carbocycles. The van der Waals surface area contributed by atoms with Gasteiger partial charge in [-0.05, 0) is 0 Å². The molecule has 5 nitrogen and oxygen atoms in total. The van der Waals surface area contributed by atoms with E-state index >= 15 is 0 Å². The van der Waals surface area contributed by atoms with Gasteiger partial charge in [-0.1, -0.05) is 0 Å². The Morgan fingerprint density at radius 2 is 1.40 bits per heavy atom. The van der Waals surface area contributed by atoms with Gasteiger partial charge in [0, 0.05) is 0 Å². The minimum absolute atomic E-state index is 0.292. The van der Waals surface area contributed by atoms with Crippen molar-refractivity contribution in [3.05, 3.63) is 0 Å². The Hall–Kier alpha value is -0.630. The molecule has 2 unspecified atom stereocenters. The van der Waals surface area contributed by atoms with Crippen molar-refractivity contribution in [1.29, 1.82) is 0 Å². The second-order valence-electron chi connectivity index (χ2n) is 3.56. The van der Waals surface area contributed by atoms with Crippen molar-refractivity contribution in [2.24, 2.45) is 17.8 Å². The van der Waals surface area contributed by atoms with E-state index in [9.17, 15) is 19.2 Å². The summed E-state index contributed by atoms with van der Waals surface area (Å²) in [6, 6.07) is 0. The molecule has 0 radical (unpaired) electrons. The standard InChI is InChI=1S/C9H10INO4/c1-3-6(12)4-5(7(3)13)9(15)10(11-2)8(4)14/h3-5,11H,1-2H3. The molecule has 0 amide bonds. The summed E-state index contributed by atoms with van der Waals surface area (Å²) < 4.78 is 2.12. The molecule has 0 aromatic rings. The van der Waals surface area contributed by atoms with E-state index in [1.807, 2.05) is 0 Å². The predicted molar refractivity (Wildman–Crippen MR) is 59.3 cm³/mol. The van der Waals surface area contributed by atoms with E-state index in [2.05, 4.69) is 3.53 Å². The van der Waals surface area contributed by atoms with Gasteiger partial charge in [0.05, 0.1) is 0 Å². The van der Waals surface area contributed by atoms with Gasteiger partial charge < -0.3 is 0 Å². The molecule has 1 heterocycles. The second kappa shape index (κ2) is 3.44. The van der Waals surface area contributed by atoms with Gasteiger partial charge in [-0.25, -0.2) is 0 Å². The number of carbonyl (C=O) groups excluding carboxylic acids is 4. The number of halogens is 1. The number of carbonyl (C=O) groups is 4. The van der Waals surface area contributed by atoms with Crippen molar-refractivity contribution in [1.82, 2.24) is 3.53 Å². The topological polar surface area (TPSA) is 80.3 Å². The van der Waals surface area contributed by atoms with Gasteiger partial charge in [0.15, 0.2) is 0 Å². The number of rotatable bonds is 1. The zero-order valence-electron chi connectivity index (χ0n) is 8.24. The van der Waals surface area contributed by atoms with E-state index in [1.165, 1.54) is 6.92 Å². The monoisotopic (exact) mass is 323 g/mol. The number of Topliss-reactive ketones (excluding diaryl/α,β-unsaturated/α-hetero) is 2. The molecule has 2 atom stereocenters. The van der Waals surface area contributed by atoms with Crippen molar-refractivity contribution in [2.75, 3.05) is 7.05 Å². The Balaban J connectivity index is 2.45. The summed E-state index contributed by atoms with van der Waals surface area (Å²) in [4.78, 5) is 46.7. The molecule has 82 valence electrons. The predicted octanol–water partition coefficient (Wildman–Crippen LogP) is -0.286. The zero-order chi connectivity index (χ0) is 11.3. The first kappa shape index (κ1) is 10.9. The summed E-state index contributed by atoms with van der Waals surface area (Å²) in [6.07, 6.45) is 0. The Morgan fingerprint density at radius 1 is 1.00 bits per heavy atom. The summed E-state index contributed by atoms with van der Waals surface area (Å²) >= 11 is -2.59. The molecule has 2 rings (SSSR count). The minimum atomic E-state index is -2.59. The van der Waals surface area contributed by atoms with E-state index < -0.39 is 37.8 Å². The maximum absolute atomic E-state index is 11.7. The molecule has 2 fully saturated rings. The molecule has 1 aliphatic heterocycles. The third-order valence-electron chi connectivity index (χ3n) is 2.85. The van der Waals surface area contributed by atoms with Crippen LogP contribution in [0.25, 0.3) is 0 Å². The molecule has 15 heavy (non-hydrogen) atoms. The third kappa shape index (κ3) is 1.24. The fourth-order valence-corrected chi connectivity index (χ4v) is 6.27. The molecular weight excluding hydrogens is 313 g/mol. The van der Waals surface area contributed by atoms with E-state index in [1.54, 1.807) is 7.05 Å². The average molecular weight is 323 g/mol. The van der Waals surface area contributed by atoms with Crippen LogP contribution in [0.15, 0.2) is 0 Å². The Morgan fingerprint density at radius 3 is 1.73 bits per heavy atom. The number of hydrogen-bond acceptors (Lipinski definition) is 5. The van der Waals surface area contributed by atoms with Crippen molar-refractivity contribution >= 4 is 39.2 Å². The third-order valence-corrected chi connectivity index (χ3v) is 7.40. The summed E-state index contributed by atoms with van der Waals surface area (Å²) in [6.45, 7) is 1.47. The van der Waals surface area contributed by atoms with E-state index in [-0.39, 0.29) is 19.1 Å². The van der Waals surface area contributed by atoms with Crippen molar-refractivity contribution in [3.8, 4) is 0 Å². The maximum atomic E-state index is 11.7. The quantitative estimate of drug-likeness (QED) is 0.311. The van der Waals surface area contributed by atoms with Crippen LogP contribution in [0.5, 0.6) is 0 Å². The van der Waals surface area contributed by atoms with E-state index in [0.717, 1.165) is 0 Å². The average Bonchev–Trinajstić information content (AvgIpc) is 2.58. The van der Waals surface area contributed by atoms with Crippen LogP contribution in [0.1, 0.15) is 6.92 Å². The van der Waals surface area contributed by atoms with Gasteiger partial charge in [0.25, 0.3) is 0 Å². The molecule has 6 heteroatoms. The number of hydrogen-bond donors (Lipinski definition) is 1.